The molecule has 15 nitrogen and oxygen atoms in total. The Balaban J connectivity index is 1.76. The highest BCUT2D eigenvalue weighted by Crippen LogP contribution is 2.29. The smallest absolute Gasteiger partial charge is 0.303 e. The molecular formula is C30H34N4O11. The highest BCUT2D eigenvalue weighted by atomic mass is 16.4. The van der Waals surface area contributed by atoms with Crippen molar-refractivity contribution in [2.75, 3.05) is 32.7 Å². The summed E-state index contributed by atoms with van der Waals surface area (Å²) >= 11 is 0. The Morgan fingerprint density at radius 3 is 1.36 bits per heavy atom. The highest BCUT2D eigenvalue weighted by molar-refractivity contribution is 5.98. The SMILES string of the molecule is O=C(O)CCC(CNC(=O)c1cccc(O)c1O)N(CCNC(=O)c1cccc(O)c1O)CCNC(=O)c1cccc(O)c1O. The number of phenols is 6. The Hall–Kier alpha value is -5.70. The van der Waals surface area contributed by atoms with Gasteiger partial charge in [0.2, 0.25) is 0 Å². The van der Waals surface area contributed by atoms with Crippen molar-refractivity contribution in [2.24, 2.45) is 0 Å². The summed E-state index contributed by atoms with van der Waals surface area (Å²) < 4.78 is 0. The lowest BCUT2D eigenvalue weighted by molar-refractivity contribution is -0.137. The number of rotatable bonds is 15. The average molecular weight is 627 g/mol. The van der Waals surface area contributed by atoms with Gasteiger partial charge in [-0.25, -0.2) is 0 Å². The number of carbonyl (C=O) groups excluding carboxylic acids is 3. The minimum atomic E-state index is -1.11. The third kappa shape index (κ3) is 9.14. The van der Waals surface area contributed by atoms with E-state index in [2.05, 4.69) is 16.0 Å². The van der Waals surface area contributed by atoms with Crippen LogP contribution in [0.2, 0.25) is 0 Å². The third-order valence-electron chi connectivity index (χ3n) is 6.85. The Labute approximate surface area is 257 Å². The normalized spacial score (nSPS) is 11.5. The number of amides is 3. The molecule has 3 aromatic carbocycles. The van der Waals surface area contributed by atoms with Crippen LogP contribution < -0.4 is 16.0 Å². The molecule has 3 rings (SSSR count). The van der Waals surface area contributed by atoms with E-state index in [1.807, 2.05) is 0 Å². The number of benzene rings is 3. The highest BCUT2D eigenvalue weighted by Gasteiger charge is 2.23. The molecule has 0 heterocycles. The fourth-order valence-electron chi connectivity index (χ4n) is 4.45. The van der Waals surface area contributed by atoms with Gasteiger partial charge in [-0.15, -0.1) is 0 Å². The van der Waals surface area contributed by atoms with Crippen LogP contribution in [-0.4, -0.2) is 103 Å². The van der Waals surface area contributed by atoms with E-state index in [0.717, 1.165) is 0 Å². The molecule has 0 saturated carbocycles. The maximum Gasteiger partial charge on any atom is 0.303 e. The Morgan fingerprint density at radius 1 is 0.600 bits per heavy atom. The first-order chi connectivity index (χ1) is 21.4. The number of carboxylic acid groups (broad SMARTS) is 1. The number of para-hydroxylation sites is 3. The van der Waals surface area contributed by atoms with Crippen LogP contribution >= 0.6 is 0 Å². The van der Waals surface area contributed by atoms with Crippen molar-refractivity contribution in [3.8, 4) is 34.5 Å². The van der Waals surface area contributed by atoms with Gasteiger partial charge in [0.15, 0.2) is 34.5 Å². The van der Waals surface area contributed by atoms with E-state index in [1.54, 1.807) is 4.90 Å². The number of hydrogen-bond donors (Lipinski definition) is 10. The standard InChI is InChI=1S/C30H34N4O11/c35-21-7-1-4-18(25(21)40)28(43)31-12-14-34(15-13-32-29(44)19-5-2-8-22(36)26(19)41)17(10-11-24(38)39)16-33-30(45)20-6-3-9-23(37)27(20)42/h1-9,17,35-37,40-42H,10-16H2,(H,31,43)(H,32,44)(H,33,45)(H,38,39). The first-order valence-corrected chi connectivity index (χ1v) is 13.7. The molecule has 3 aromatic rings. The molecule has 3 amide bonds. The number of nitrogens with one attached hydrogen (secondary N) is 3. The summed E-state index contributed by atoms with van der Waals surface area (Å²) in [5.41, 5.74) is -0.574. The summed E-state index contributed by atoms with van der Waals surface area (Å²) in [6.07, 6.45) is -0.286. The number of hydrogen-bond acceptors (Lipinski definition) is 11. The lowest BCUT2D eigenvalue weighted by Crippen LogP contribution is -2.49. The molecule has 0 fully saturated rings. The molecular weight excluding hydrogens is 592 g/mol. The molecule has 0 aliphatic carbocycles. The molecule has 1 atom stereocenters. The van der Waals surface area contributed by atoms with Crippen molar-refractivity contribution < 1.29 is 54.9 Å². The fourth-order valence-corrected chi connectivity index (χ4v) is 4.45. The number of aromatic hydroxyl groups is 6. The van der Waals surface area contributed by atoms with Crippen LogP contribution in [0, 0.1) is 0 Å². The predicted molar refractivity (Wildman–Crippen MR) is 159 cm³/mol. The fraction of sp³-hybridized carbons (Fsp3) is 0.267. The molecule has 0 saturated heterocycles. The second-order valence-corrected chi connectivity index (χ2v) is 9.86. The van der Waals surface area contributed by atoms with Gasteiger partial charge < -0.3 is 51.7 Å². The van der Waals surface area contributed by atoms with Crippen LogP contribution in [0.4, 0.5) is 0 Å². The number of phenolic OH excluding ortho intramolecular Hbond substituents is 6. The second-order valence-electron chi connectivity index (χ2n) is 9.86. The first kappa shape index (κ1) is 33.8. The summed E-state index contributed by atoms with van der Waals surface area (Å²) in [5.74, 6) is -6.60. The zero-order chi connectivity index (χ0) is 33.1. The van der Waals surface area contributed by atoms with Crippen molar-refractivity contribution in [1.29, 1.82) is 0 Å². The first-order valence-electron chi connectivity index (χ1n) is 13.7. The van der Waals surface area contributed by atoms with Gasteiger partial charge in [0.05, 0.1) is 16.7 Å². The summed E-state index contributed by atoms with van der Waals surface area (Å²) in [6, 6.07) is 10.9. The van der Waals surface area contributed by atoms with E-state index >= 15 is 0 Å². The Morgan fingerprint density at radius 2 is 0.978 bits per heavy atom. The summed E-state index contributed by atoms with van der Waals surface area (Å²) in [4.78, 5) is 51.2. The van der Waals surface area contributed by atoms with Crippen LogP contribution in [0.15, 0.2) is 54.6 Å². The molecule has 1 unspecified atom stereocenters. The maximum absolute atomic E-state index is 12.8. The number of aliphatic carboxylic acids is 1. The molecule has 0 aliphatic rings. The molecule has 10 N–H and O–H groups in total. The van der Waals surface area contributed by atoms with Crippen LogP contribution in [0.1, 0.15) is 43.9 Å². The van der Waals surface area contributed by atoms with Crippen molar-refractivity contribution in [3.63, 3.8) is 0 Å². The molecule has 0 aliphatic heterocycles. The largest absolute Gasteiger partial charge is 0.504 e. The zero-order valence-corrected chi connectivity index (χ0v) is 23.9. The van der Waals surface area contributed by atoms with E-state index in [1.165, 1.54) is 54.6 Å². The predicted octanol–water partition coefficient (Wildman–Crippen LogP) is 1.05. The maximum atomic E-state index is 12.8. The van der Waals surface area contributed by atoms with Gasteiger partial charge in [-0.2, -0.15) is 0 Å². The van der Waals surface area contributed by atoms with Gasteiger partial charge in [-0.1, -0.05) is 18.2 Å². The minimum absolute atomic E-state index is 0.0181. The average Bonchev–Trinajstić information content (AvgIpc) is 3.00. The van der Waals surface area contributed by atoms with E-state index < -0.39 is 64.2 Å². The van der Waals surface area contributed by atoms with Gasteiger partial charge >= 0.3 is 5.97 Å². The van der Waals surface area contributed by atoms with Gasteiger partial charge in [0.1, 0.15) is 0 Å². The zero-order valence-electron chi connectivity index (χ0n) is 23.9. The topological polar surface area (TPSA) is 249 Å². The van der Waals surface area contributed by atoms with Crippen molar-refractivity contribution in [1.82, 2.24) is 20.9 Å². The van der Waals surface area contributed by atoms with E-state index in [9.17, 15) is 54.9 Å². The number of nitrogens with zero attached hydrogens (tertiary/aromatic N) is 1. The molecule has 0 radical (unpaired) electrons. The summed E-state index contributed by atoms with van der Waals surface area (Å²) in [6.45, 7) is -0.0871. The second kappa shape index (κ2) is 15.7. The third-order valence-corrected chi connectivity index (χ3v) is 6.85. The molecule has 240 valence electrons. The molecule has 0 aromatic heterocycles. The number of carboxylic acids is 1. The van der Waals surface area contributed by atoms with Crippen molar-refractivity contribution >= 4 is 23.7 Å². The quantitative estimate of drug-likeness (QED) is 0.106. The van der Waals surface area contributed by atoms with E-state index in [4.69, 9.17) is 0 Å². The van der Waals surface area contributed by atoms with Crippen molar-refractivity contribution in [2.45, 2.75) is 18.9 Å². The molecule has 15 heteroatoms. The van der Waals surface area contributed by atoms with Crippen LogP contribution in [0.5, 0.6) is 34.5 Å². The molecule has 45 heavy (non-hydrogen) atoms. The van der Waals surface area contributed by atoms with E-state index in [-0.39, 0.29) is 62.3 Å². The van der Waals surface area contributed by atoms with Crippen molar-refractivity contribution in [3.05, 3.63) is 71.3 Å². The van der Waals surface area contributed by atoms with Gasteiger partial charge in [-0.3, -0.25) is 24.1 Å². The van der Waals surface area contributed by atoms with Gasteiger partial charge in [-0.05, 0) is 42.8 Å². The van der Waals surface area contributed by atoms with Crippen LogP contribution in [-0.2, 0) is 4.79 Å². The monoisotopic (exact) mass is 626 g/mol. The minimum Gasteiger partial charge on any atom is -0.504 e. The lowest BCUT2D eigenvalue weighted by Gasteiger charge is -2.32. The summed E-state index contributed by atoms with van der Waals surface area (Å²) in [5, 5.41) is 76.4. The molecule has 0 spiro atoms. The Kier molecular flexibility index (Phi) is 11.8. The van der Waals surface area contributed by atoms with Crippen LogP contribution in [0.25, 0.3) is 0 Å². The Bertz CT molecular complexity index is 1480. The van der Waals surface area contributed by atoms with E-state index in [0.29, 0.717) is 0 Å². The lowest BCUT2D eigenvalue weighted by atomic mass is 10.1. The number of carbonyl (C=O) groups is 4. The van der Waals surface area contributed by atoms with Gasteiger partial charge in [0.25, 0.3) is 17.7 Å². The van der Waals surface area contributed by atoms with Gasteiger partial charge in [0, 0.05) is 45.2 Å². The van der Waals surface area contributed by atoms with Crippen LogP contribution in [0.3, 0.4) is 0 Å². The summed E-state index contributed by atoms with van der Waals surface area (Å²) in [7, 11) is 0. The molecule has 0 bridgehead atoms.